The third-order valence-corrected chi connectivity index (χ3v) is 5.37. The molecule has 4 heteroatoms. The standard InChI is InChI=1S/C23H33NO2.ClH/c1-6-24(7-2)16-17-26-23-14-10-21(11-15-23)19(4)18(3)20-8-12-22(25-5)13-9-20;/h8-15,18-19H,6-7,16-17H2,1-5H3;1H/t18-,19+;/m0./s1. The molecule has 3 nitrogen and oxygen atoms in total. The highest BCUT2D eigenvalue weighted by Crippen LogP contribution is 2.33. The van der Waals surface area contributed by atoms with E-state index in [0.29, 0.717) is 11.8 Å². The zero-order valence-electron chi connectivity index (χ0n) is 17.3. The third-order valence-electron chi connectivity index (χ3n) is 5.37. The predicted octanol–water partition coefficient (Wildman–Crippen LogP) is 5.74. The van der Waals surface area contributed by atoms with Crippen molar-refractivity contribution >= 4 is 12.4 Å². The maximum Gasteiger partial charge on any atom is 0.119 e. The minimum Gasteiger partial charge on any atom is -0.497 e. The van der Waals surface area contributed by atoms with Crippen LogP contribution in [0.25, 0.3) is 0 Å². The summed E-state index contributed by atoms with van der Waals surface area (Å²) < 4.78 is 11.1. The first-order valence-corrected chi connectivity index (χ1v) is 9.68. The van der Waals surface area contributed by atoms with Gasteiger partial charge in [-0.2, -0.15) is 0 Å². The highest BCUT2D eigenvalue weighted by Gasteiger charge is 2.16. The Bertz CT molecular complexity index is 638. The lowest BCUT2D eigenvalue weighted by Crippen LogP contribution is -2.27. The normalized spacial score (nSPS) is 13.0. The van der Waals surface area contributed by atoms with Crippen LogP contribution in [0, 0.1) is 0 Å². The molecule has 2 aromatic rings. The summed E-state index contributed by atoms with van der Waals surface area (Å²) in [5.41, 5.74) is 2.67. The van der Waals surface area contributed by atoms with Crippen molar-refractivity contribution in [3.8, 4) is 11.5 Å². The van der Waals surface area contributed by atoms with Crippen molar-refractivity contribution in [2.45, 2.75) is 39.5 Å². The summed E-state index contributed by atoms with van der Waals surface area (Å²) in [5.74, 6) is 2.73. The van der Waals surface area contributed by atoms with E-state index in [4.69, 9.17) is 9.47 Å². The summed E-state index contributed by atoms with van der Waals surface area (Å²) in [6.07, 6.45) is 0. The second-order valence-electron chi connectivity index (χ2n) is 6.79. The quantitative estimate of drug-likeness (QED) is 0.515. The highest BCUT2D eigenvalue weighted by atomic mass is 35.5. The van der Waals surface area contributed by atoms with Crippen molar-refractivity contribution in [3.63, 3.8) is 0 Å². The Labute approximate surface area is 171 Å². The zero-order chi connectivity index (χ0) is 18.9. The molecule has 0 aromatic heterocycles. The van der Waals surface area contributed by atoms with Crippen LogP contribution in [0.3, 0.4) is 0 Å². The fourth-order valence-electron chi connectivity index (χ4n) is 3.18. The van der Waals surface area contributed by atoms with E-state index in [1.165, 1.54) is 11.1 Å². The maximum absolute atomic E-state index is 5.89. The van der Waals surface area contributed by atoms with Crippen molar-refractivity contribution in [2.24, 2.45) is 0 Å². The van der Waals surface area contributed by atoms with Crippen molar-refractivity contribution in [2.75, 3.05) is 33.4 Å². The van der Waals surface area contributed by atoms with Crippen LogP contribution in [0.2, 0.25) is 0 Å². The second-order valence-corrected chi connectivity index (χ2v) is 6.79. The first kappa shape index (κ1) is 23.3. The Hall–Kier alpha value is -1.71. The first-order chi connectivity index (χ1) is 12.6. The van der Waals surface area contributed by atoms with Gasteiger partial charge in [-0.1, -0.05) is 52.0 Å². The predicted molar refractivity (Wildman–Crippen MR) is 117 cm³/mol. The molecule has 0 saturated carbocycles. The molecule has 150 valence electrons. The van der Waals surface area contributed by atoms with Crippen molar-refractivity contribution in [3.05, 3.63) is 59.7 Å². The Kier molecular flexibility index (Phi) is 10.3. The second kappa shape index (κ2) is 11.9. The van der Waals surface area contributed by atoms with E-state index in [2.05, 4.69) is 69.0 Å². The lowest BCUT2D eigenvalue weighted by molar-refractivity contribution is 0.223. The molecule has 0 aliphatic carbocycles. The number of hydrogen-bond donors (Lipinski definition) is 0. The molecule has 0 fully saturated rings. The number of hydrogen-bond acceptors (Lipinski definition) is 3. The lowest BCUT2D eigenvalue weighted by atomic mass is 9.84. The summed E-state index contributed by atoms with van der Waals surface area (Å²) in [7, 11) is 1.70. The van der Waals surface area contributed by atoms with Gasteiger partial charge in [0.1, 0.15) is 18.1 Å². The molecule has 27 heavy (non-hydrogen) atoms. The van der Waals surface area contributed by atoms with E-state index in [-0.39, 0.29) is 12.4 Å². The van der Waals surface area contributed by atoms with E-state index < -0.39 is 0 Å². The molecule has 2 aromatic carbocycles. The molecule has 0 spiro atoms. The first-order valence-electron chi connectivity index (χ1n) is 9.68. The van der Waals surface area contributed by atoms with Crippen molar-refractivity contribution in [1.82, 2.24) is 4.90 Å². The average molecular weight is 392 g/mol. The van der Waals surface area contributed by atoms with Crippen LogP contribution in [0.4, 0.5) is 0 Å². The molecule has 0 aliphatic heterocycles. The van der Waals surface area contributed by atoms with E-state index in [9.17, 15) is 0 Å². The fraction of sp³-hybridized carbons (Fsp3) is 0.478. The van der Waals surface area contributed by atoms with Gasteiger partial charge in [0.2, 0.25) is 0 Å². The molecule has 0 aliphatic rings. The largest absolute Gasteiger partial charge is 0.497 e. The molecule has 0 heterocycles. The van der Waals surface area contributed by atoms with Gasteiger partial charge < -0.3 is 14.4 Å². The van der Waals surface area contributed by atoms with Gasteiger partial charge in [-0.15, -0.1) is 12.4 Å². The number of benzene rings is 2. The molecule has 0 unspecified atom stereocenters. The Balaban J connectivity index is 0.00000364. The molecule has 2 atom stereocenters. The van der Waals surface area contributed by atoms with Gasteiger partial charge in [-0.3, -0.25) is 0 Å². The molecule has 0 saturated heterocycles. The van der Waals surface area contributed by atoms with Gasteiger partial charge in [-0.05, 0) is 60.3 Å². The number of ether oxygens (including phenoxy) is 2. The van der Waals surface area contributed by atoms with Crippen LogP contribution < -0.4 is 9.47 Å². The molecule has 0 N–H and O–H groups in total. The Morgan fingerprint density at radius 2 is 1.22 bits per heavy atom. The van der Waals surface area contributed by atoms with Crippen LogP contribution in [-0.2, 0) is 0 Å². The van der Waals surface area contributed by atoms with E-state index in [0.717, 1.165) is 37.7 Å². The van der Waals surface area contributed by atoms with Crippen LogP contribution in [0.1, 0.15) is 50.7 Å². The fourth-order valence-corrected chi connectivity index (χ4v) is 3.18. The number of halogens is 1. The smallest absolute Gasteiger partial charge is 0.119 e. The van der Waals surface area contributed by atoms with Crippen LogP contribution in [0.5, 0.6) is 11.5 Å². The van der Waals surface area contributed by atoms with Gasteiger partial charge in [0.25, 0.3) is 0 Å². The van der Waals surface area contributed by atoms with E-state index in [1.54, 1.807) is 7.11 Å². The minimum atomic E-state index is 0. The summed E-state index contributed by atoms with van der Waals surface area (Å²) in [4.78, 5) is 2.37. The lowest BCUT2D eigenvalue weighted by Gasteiger charge is -2.22. The monoisotopic (exact) mass is 391 g/mol. The van der Waals surface area contributed by atoms with Gasteiger partial charge in [0, 0.05) is 6.54 Å². The van der Waals surface area contributed by atoms with Gasteiger partial charge in [0.05, 0.1) is 7.11 Å². The third kappa shape index (κ3) is 6.75. The van der Waals surface area contributed by atoms with Crippen LogP contribution in [0.15, 0.2) is 48.5 Å². The van der Waals surface area contributed by atoms with E-state index >= 15 is 0 Å². The van der Waals surface area contributed by atoms with Crippen molar-refractivity contribution < 1.29 is 9.47 Å². The van der Waals surface area contributed by atoms with Crippen molar-refractivity contribution in [1.29, 1.82) is 0 Å². The van der Waals surface area contributed by atoms with Crippen LogP contribution in [-0.4, -0.2) is 38.3 Å². The summed E-state index contributed by atoms with van der Waals surface area (Å²) in [5, 5.41) is 0. The topological polar surface area (TPSA) is 21.7 Å². The number of methoxy groups -OCH3 is 1. The number of rotatable bonds is 10. The number of likely N-dealkylation sites (N-methyl/N-ethyl adjacent to an activating group) is 1. The van der Waals surface area contributed by atoms with Gasteiger partial charge >= 0.3 is 0 Å². The summed E-state index contributed by atoms with van der Waals surface area (Å²) >= 11 is 0. The average Bonchev–Trinajstić information content (AvgIpc) is 2.70. The Morgan fingerprint density at radius 3 is 1.63 bits per heavy atom. The maximum atomic E-state index is 5.89. The molecular formula is C23H34ClNO2. The van der Waals surface area contributed by atoms with Gasteiger partial charge in [-0.25, -0.2) is 0 Å². The molecule has 0 amide bonds. The molecule has 0 bridgehead atoms. The highest BCUT2D eigenvalue weighted by molar-refractivity contribution is 5.85. The molecular weight excluding hydrogens is 358 g/mol. The zero-order valence-corrected chi connectivity index (χ0v) is 18.1. The minimum absolute atomic E-state index is 0. The molecule has 0 radical (unpaired) electrons. The SMILES string of the molecule is CCN(CC)CCOc1ccc([C@H](C)[C@H](C)c2ccc(OC)cc2)cc1.Cl. The Morgan fingerprint density at radius 1 is 0.778 bits per heavy atom. The van der Waals surface area contributed by atoms with E-state index in [1.807, 2.05) is 12.1 Å². The van der Waals surface area contributed by atoms with Crippen LogP contribution >= 0.6 is 12.4 Å². The summed E-state index contributed by atoms with van der Waals surface area (Å²) in [6.45, 7) is 12.8. The van der Waals surface area contributed by atoms with Gasteiger partial charge in [0.15, 0.2) is 0 Å². The molecule has 2 rings (SSSR count). The summed E-state index contributed by atoms with van der Waals surface area (Å²) in [6, 6.07) is 16.9. The number of nitrogens with zero attached hydrogens (tertiary/aromatic N) is 1.